The number of alkyl halides is 1. The Bertz CT molecular complexity index is 1170. The van der Waals surface area contributed by atoms with Gasteiger partial charge >= 0.3 is 0 Å². The first-order valence-electron chi connectivity index (χ1n) is 9.54. The summed E-state index contributed by atoms with van der Waals surface area (Å²) in [7, 11) is 1.56. The molecule has 3 atom stereocenters. The third kappa shape index (κ3) is 3.08. The predicted octanol–water partition coefficient (Wildman–Crippen LogP) is 3.38. The van der Waals surface area contributed by atoms with Gasteiger partial charge in [-0.3, -0.25) is 0 Å². The molecule has 0 unspecified atom stereocenters. The summed E-state index contributed by atoms with van der Waals surface area (Å²) in [5, 5.41) is 0.516. The normalized spacial score (nSPS) is 25.0. The molecule has 9 heteroatoms. The summed E-state index contributed by atoms with van der Waals surface area (Å²) in [5.41, 5.74) is 7.72. The van der Waals surface area contributed by atoms with E-state index in [1.807, 2.05) is 0 Å². The Hall–Kier alpha value is -2.81. The number of aliphatic imine (C=N–C) groups is 1. The number of halogens is 2. The summed E-state index contributed by atoms with van der Waals surface area (Å²) >= 11 is 1.45. The maximum atomic E-state index is 14.8. The number of thioether (sulfide) groups is 1. The van der Waals surface area contributed by atoms with Gasteiger partial charge in [0.2, 0.25) is 0 Å². The number of amidine groups is 1. The van der Waals surface area contributed by atoms with Gasteiger partial charge in [-0.05, 0) is 24.1 Å². The third-order valence-corrected chi connectivity index (χ3v) is 6.92. The molecule has 1 aromatic carbocycles. The number of ether oxygens (including phenoxy) is 1. The lowest BCUT2D eigenvalue weighted by atomic mass is 9.85. The number of nitrogens with zero attached hydrogens (tertiary/aromatic N) is 4. The van der Waals surface area contributed by atoms with Gasteiger partial charge in [0.05, 0.1) is 24.5 Å². The van der Waals surface area contributed by atoms with Crippen LogP contribution in [0.1, 0.15) is 23.2 Å². The zero-order valence-corrected chi connectivity index (χ0v) is 17.0. The second kappa shape index (κ2) is 7.16. The number of aromatic nitrogens is 3. The number of methoxy groups -OCH3 is 1. The number of benzene rings is 1. The van der Waals surface area contributed by atoms with Crippen LogP contribution in [0.15, 0.2) is 41.8 Å². The summed E-state index contributed by atoms with van der Waals surface area (Å²) < 4.78 is 34.4. The Balaban J connectivity index is 1.55. The van der Waals surface area contributed by atoms with Crippen LogP contribution >= 0.6 is 11.8 Å². The molecule has 3 heterocycles. The summed E-state index contributed by atoms with van der Waals surface area (Å²) in [6, 6.07) is 6.52. The fraction of sp³-hybridized carbons (Fsp3) is 0.333. The summed E-state index contributed by atoms with van der Waals surface area (Å²) in [6.45, 7) is -0.784. The maximum Gasteiger partial charge on any atom is 0.155 e. The van der Waals surface area contributed by atoms with Gasteiger partial charge in [0.25, 0.3) is 0 Å². The second-order valence-electron chi connectivity index (χ2n) is 7.56. The van der Waals surface area contributed by atoms with E-state index < -0.39 is 18.0 Å². The van der Waals surface area contributed by atoms with Gasteiger partial charge in [0.15, 0.2) is 5.17 Å². The molecule has 2 N–H and O–H groups in total. The smallest absolute Gasteiger partial charge is 0.155 e. The van der Waals surface area contributed by atoms with E-state index in [1.54, 1.807) is 31.5 Å². The van der Waals surface area contributed by atoms with Crippen LogP contribution in [0.4, 0.5) is 8.78 Å². The van der Waals surface area contributed by atoms with Crippen molar-refractivity contribution in [1.82, 2.24) is 15.0 Å². The third-order valence-electron chi connectivity index (χ3n) is 5.76. The van der Waals surface area contributed by atoms with Gasteiger partial charge in [0, 0.05) is 29.2 Å². The van der Waals surface area contributed by atoms with E-state index in [0.29, 0.717) is 34.1 Å². The highest BCUT2D eigenvalue weighted by atomic mass is 32.2. The van der Waals surface area contributed by atoms with Crippen LogP contribution in [0.5, 0.6) is 5.75 Å². The zero-order chi connectivity index (χ0) is 20.9. The standard InChI is InChI=1S/C21H19F2N5OS/c1-29-12-6-17-19(25-8-12)16(26-10-27-17)5-11-2-3-15(23)13(4-11)21(9-22)14-7-18(14)30-20(24)28-21/h2-4,6,8,10,14,18H,5,7,9H2,1H3,(H2,24,28)/t14-,18-,21+/m0/s1. The molecule has 1 saturated carbocycles. The van der Waals surface area contributed by atoms with Crippen molar-refractivity contribution in [2.45, 2.75) is 23.6 Å². The monoisotopic (exact) mass is 427 g/mol. The lowest BCUT2D eigenvalue weighted by Crippen LogP contribution is -2.36. The first kappa shape index (κ1) is 19.2. The van der Waals surface area contributed by atoms with Crippen LogP contribution in [-0.4, -0.2) is 39.2 Å². The molecule has 5 rings (SSSR count). The van der Waals surface area contributed by atoms with Crippen LogP contribution in [0.3, 0.4) is 0 Å². The van der Waals surface area contributed by atoms with E-state index in [1.165, 1.54) is 24.2 Å². The number of fused-ring (bicyclic) bond motifs is 2. The number of hydrogen-bond acceptors (Lipinski definition) is 7. The Morgan fingerprint density at radius 2 is 2.13 bits per heavy atom. The molecule has 6 nitrogen and oxygen atoms in total. The minimum absolute atomic E-state index is 0.0430. The van der Waals surface area contributed by atoms with Crippen molar-refractivity contribution < 1.29 is 13.5 Å². The first-order chi connectivity index (χ1) is 14.5. The molecule has 30 heavy (non-hydrogen) atoms. The SMILES string of the molecule is COc1cnc2c(Cc3ccc(F)c([C@@]4(CF)N=C(N)S[C@H]5C[C@@H]54)c3)ncnc2c1. The maximum absolute atomic E-state index is 14.8. The van der Waals surface area contributed by atoms with Crippen molar-refractivity contribution in [3.8, 4) is 5.75 Å². The van der Waals surface area contributed by atoms with Crippen LogP contribution in [0, 0.1) is 11.7 Å². The molecule has 3 aromatic rings. The van der Waals surface area contributed by atoms with Crippen LogP contribution in [0.25, 0.3) is 11.0 Å². The lowest BCUT2D eigenvalue weighted by molar-refractivity contribution is 0.271. The van der Waals surface area contributed by atoms with Crippen molar-refractivity contribution in [2.75, 3.05) is 13.8 Å². The van der Waals surface area contributed by atoms with Crippen LogP contribution in [0.2, 0.25) is 0 Å². The molecule has 2 aromatic heterocycles. The molecule has 0 bridgehead atoms. The molecule has 2 aliphatic rings. The quantitative estimate of drug-likeness (QED) is 0.672. The summed E-state index contributed by atoms with van der Waals surface area (Å²) in [4.78, 5) is 17.4. The van der Waals surface area contributed by atoms with Gasteiger partial charge < -0.3 is 10.5 Å². The van der Waals surface area contributed by atoms with E-state index in [-0.39, 0.29) is 16.7 Å². The topological polar surface area (TPSA) is 86.3 Å². The molecule has 0 saturated heterocycles. The van der Waals surface area contributed by atoms with E-state index in [2.05, 4.69) is 19.9 Å². The molecule has 0 spiro atoms. The van der Waals surface area contributed by atoms with E-state index in [4.69, 9.17) is 10.5 Å². The second-order valence-corrected chi connectivity index (χ2v) is 8.82. The summed E-state index contributed by atoms with van der Waals surface area (Å²) in [6.07, 6.45) is 4.25. The molecular weight excluding hydrogens is 408 g/mol. The zero-order valence-electron chi connectivity index (χ0n) is 16.2. The van der Waals surface area contributed by atoms with Crippen molar-refractivity contribution >= 4 is 28.0 Å². The average Bonchev–Trinajstić information content (AvgIpc) is 3.54. The van der Waals surface area contributed by atoms with Gasteiger partial charge in [-0.1, -0.05) is 17.8 Å². The van der Waals surface area contributed by atoms with E-state index in [9.17, 15) is 8.78 Å². The van der Waals surface area contributed by atoms with Gasteiger partial charge in [-0.2, -0.15) is 0 Å². The molecular formula is C21H19F2N5OS. The minimum atomic E-state index is -1.25. The number of hydrogen-bond donors (Lipinski definition) is 1. The van der Waals surface area contributed by atoms with Crippen molar-refractivity contribution in [1.29, 1.82) is 0 Å². The number of rotatable bonds is 5. The highest BCUT2D eigenvalue weighted by Crippen LogP contribution is 2.58. The average molecular weight is 427 g/mol. The van der Waals surface area contributed by atoms with Crippen molar-refractivity contribution in [3.63, 3.8) is 0 Å². The Morgan fingerprint density at radius 1 is 1.27 bits per heavy atom. The van der Waals surface area contributed by atoms with Gasteiger partial charge in [-0.25, -0.2) is 28.7 Å². The van der Waals surface area contributed by atoms with E-state index >= 15 is 0 Å². The Kier molecular flexibility index (Phi) is 4.57. The van der Waals surface area contributed by atoms with Crippen LogP contribution in [-0.2, 0) is 12.0 Å². The largest absolute Gasteiger partial charge is 0.495 e. The highest BCUT2D eigenvalue weighted by molar-refractivity contribution is 8.14. The fourth-order valence-electron chi connectivity index (χ4n) is 4.15. The van der Waals surface area contributed by atoms with Crippen molar-refractivity contribution in [2.24, 2.45) is 16.6 Å². The molecule has 1 aliphatic heterocycles. The molecule has 0 radical (unpaired) electrons. The number of pyridine rings is 1. The highest BCUT2D eigenvalue weighted by Gasteiger charge is 2.58. The minimum Gasteiger partial charge on any atom is -0.495 e. The van der Waals surface area contributed by atoms with E-state index in [0.717, 1.165) is 12.0 Å². The molecule has 1 fully saturated rings. The predicted molar refractivity (Wildman–Crippen MR) is 112 cm³/mol. The lowest BCUT2D eigenvalue weighted by Gasteiger charge is -2.31. The Morgan fingerprint density at radius 3 is 2.93 bits per heavy atom. The van der Waals surface area contributed by atoms with Gasteiger partial charge in [0.1, 0.15) is 35.6 Å². The first-order valence-corrected chi connectivity index (χ1v) is 10.4. The Labute approximate surface area is 176 Å². The number of nitrogens with two attached hydrogens (primary N) is 1. The molecule has 154 valence electrons. The summed E-state index contributed by atoms with van der Waals surface area (Å²) in [5.74, 6) is 0.0881. The molecule has 1 aliphatic carbocycles. The van der Waals surface area contributed by atoms with Gasteiger partial charge in [-0.15, -0.1) is 0 Å². The molecule has 0 amide bonds. The fourth-order valence-corrected chi connectivity index (χ4v) is 5.37. The van der Waals surface area contributed by atoms with Crippen LogP contribution < -0.4 is 10.5 Å². The van der Waals surface area contributed by atoms with Crippen molar-refractivity contribution in [3.05, 3.63) is 59.4 Å².